The molecule has 3 aromatic rings. The average Bonchev–Trinajstić information content (AvgIpc) is 2.76. The molecule has 7 nitrogen and oxygen atoms in total. The van der Waals surface area contributed by atoms with E-state index in [0.29, 0.717) is 28.6 Å². The molecule has 2 aromatic carbocycles. The second-order valence-electron chi connectivity index (χ2n) is 7.90. The highest BCUT2D eigenvalue weighted by Gasteiger charge is 2.17. The monoisotopic (exact) mass is 423 g/mol. The maximum atomic E-state index is 12.7. The SMILES string of the molecule is COc1ccc(N(C)c2cc(=O)oc3ccccc23)cc1NC(=O)C(C)NCC(C)C. The Kier molecular flexibility index (Phi) is 6.97. The van der Waals surface area contributed by atoms with Gasteiger partial charge < -0.3 is 24.7 Å². The van der Waals surface area contributed by atoms with Crippen molar-refractivity contribution in [3.8, 4) is 5.75 Å². The number of nitrogens with zero attached hydrogens (tertiary/aromatic N) is 1. The van der Waals surface area contributed by atoms with Gasteiger partial charge in [0.15, 0.2) is 0 Å². The maximum absolute atomic E-state index is 12.7. The summed E-state index contributed by atoms with van der Waals surface area (Å²) in [5.41, 5.74) is 2.15. The lowest BCUT2D eigenvalue weighted by molar-refractivity contribution is -0.117. The molecule has 7 heteroatoms. The Labute approximate surface area is 182 Å². The number of carbonyl (C=O) groups is 1. The minimum Gasteiger partial charge on any atom is -0.495 e. The Balaban J connectivity index is 1.92. The van der Waals surface area contributed by atoms with Gasteiger partial charge >= 0.3 is 5.63 Å². The van der Waals surface area contributed by atoms with Crippen LogP contribution in [0.2, 0.25) is 0 Å². The van der Waals surface area contributed by atoms with Crippen molar-refractivity contribution in [3.63, 3.8) is 0 Å². The molecule has 2 N–H and O–H groups in total. The van der Waals surface area contributed by atoms with Crippen LogP contribution in [0, 0.1) is 5.92 Å². The second-order valence-corrected chi connectivity index (χ2v) is 7.90. The molecule has 1 unspecified atom stereocenters. The molecular formula is C24H29N3O4. The van der Waals surface area contributed by atoms with Crippen LogP contribution in [-0.2, 0) is 4.79 Å². The zero-order valence-electron chi connectivity index (χ0n) is 18.6. The number of amides is 1. The quantitative estimate of drug-likeness (QED) is 0.530. The zero-order chi connectivity index (χ0) is 22.5. The third kappa shape index (κ3) is 5.24. The van der Waals surface area contributed by atoms with Crippen LogP contribution in [-0.4, -0.2) is 32.7 Å². The highest BCUT2D eigenvalue weighted by atomic mass is 16.5. The molecule has 1 heterocycles. The van der Waals surface area contributed by atoms with Crippen molar-refractivity contribution in [2.24, 2.45) is 5.92 Å². The summed E-state index contributed by atoms with van der Waals surface area (Å²) in [5.74, 6) is 0.851. The molecule has 0 radical (unpaired) electrons. The number of ether oxygens (including phenoxy) is 1. The molecule has 1 amide bonds. The first-order valence-corrected chi connectivity index (χ1v) is 10.3. The molecule has 1 atom stereocenters. The lowest BCUT2D eigenvalue weighted by atomic mass is 10.1. The van der Waals surface area contributed by atoms with Crippen LogP contribution in [0.25, 0.3) is 11.0 Å². The lowest BCUT2D eigenvalue weighted by Crippen LogP contribution is -2.39. The Morgan fingerprint density at radius 2 is 1.87 bits per heavy atom. The summed E-state index contributed by atoms with van der Waals surface area (Å²) in [6.45, 7) is 6.76. The molecule has 1 aromatic heterocycles. The van der Waals surface area contributed by atoms with Gasteiger partial charge in [-0.1, -0.05) is 26.0 Å². The zero-order valence-corrected chi connectivity index (χ0v) is 18.6. The minimum atomic E-state index is -0.423. The third-order valence-electron chi connectivity index (χ3n) is 5.04. The first kappa shape index (κ1) is 22.4. The molecule has 0 saturated heterocycles. The van der Waals surface area contributed by atoms with Gasteiger partial charge in [0.05, 0.1) is 24.5 Å². The van der Waals surface area contributed by atoms with Crippen molar-refractivity contribution >= 4 is 33.9 Å². The summed E-state index contributed by atoms with van der Waals surface area (Å²) in [7, 11) is 3.42. The van der Waals surface area contributed by atoms with Crippen LogP contribution in [0.5, 0.6) is 5.75 Å². The number of para-hydroxylation sites is 1. The van der Waals surface area contributed by atoms with E-state index in [4.69, 9.17) is 9.15 Å². The fourth-order valence-corrected chi connectivity index (χ4v) is 3.26. The molecule has 3 rings (SSSR count). The van der Waals surface area contributed by atoms with E-state index in [1.54, 1.807) is 19.2 Å². The topological polar surface area (TPSA) is 83.8 Å². The van der Waals surface area contributed by atoms with E-state index in [9.17, 15) is 9.59 Å². The first-order chi connectivity index (χ1) is 14.8. The summed E-state index contributed by atoms with van der Waals surface area (Å²) < 4.78 is 10.7. The van der Waals surface area contributed by atoms with Gasteiger partial charge in [-0.3, -0.25) is 4.79 Å². The number of carbonyl (C=O) groups excluding carboxylic acids is 1. The van der Waals surface area contributed by atoms with Gasteiger partial charge in [-0.25, -0.2) is 4.79 Å². The summed E-state index contributed by atoms with van der Waals surface area (Å²) >= 11 is 0. The van der Waals surface area contributed by atoms with Crippen molar-refractivity contribution in [1.29, 1.82) is 0 Å². The van der Waals surface area contributed by atoms with Crippen LogP contribution >= 0.6 is 0 Å². The normalized spacial score (nSPS) is 12.1. The maximum Gasteiger partial charge on any atom is 0.338 e. The molecule has 164 valence electrons. The van der Waals surface area contributed by atoms with Gasteiger partial charge in [0.25, 0.3) is 0 Å². The number of fused-ring (bicyclic) bond motifs is 1. The predicted octanol–water partition coefficient (Wildman–Crippen LogP) is 4.14. The summed E-state index contributed by atoms with van der Waals surface area (Å²) in [4.78, 5) is 26.6. The molecule has 0 fully saturated rings. The third-order valence-corrected chi connectivity index (χ3v) is 5.04. The molecule has 0 spiro atoms. The van der Waals surface area contributed by atoms with Crippen molar-refractivity contribution in [2.45, 2.75) is 26.8 Å². The van der Waals surface area contributed by atoms with Gasteiger partial charge in [0.1, 0.15) is 11.3 Å². The van der Waals surface area contributed by atoms with Gasteiger partial charge in [-0.2, -0.15) is 0 Å². The fraction of sp³-hybridized carbons (Fsp3) is 0.333. The number of methoxy groups -OCH3 is 1. The predicted molar refractivity (Wildman–Crippen MR) is 124 cm³/mol. The van der Waals surface area contributed by atoms with E-state index in [-0.39, 0.29) is 11.9 Å². The molecule has 0 aliphatic carbocycles. The minimum absolute atomic E-state index is 0.149. The van der Waals surface area contributed by atoms with Crippen LogP contribution in [0.1, 0.15) is 20.8 Å². The lowest BCUT2D eigenvalue weighted by Gasteiger charge is -2.23. The van der Waals surface area contributed by atoms with E-state index in [2.05, 4.69) is 24.5 Å². The highest BCUT2D eigenvalue weighted by molar-refractivity contribution is 5.97. The number of rotatable bonds is 8. The second kappa shape index (κ2) is 9.66. The Bertz CT molecular complexity index is 1120. The van der Waals surface area contributed by atoms with Gasteiger partial charge in [-0.15, -0.1) is 0 Å². The Hall–Kier alpha value is -3.32. The summed E-state index contributed by atoms with van der Waals surface area (Å²) in [6.07, 6.45) is 0. The summed E-state index contributed by atoms with van der Waals surface area (Å²) in [5, 5.41) is 6.98. The van der Waals surface area contributed by atoms with Crippen molar-refractivity contribution < 1.29 is 13.9 Å². The molecule has 31 heavy (non-hydrogen) atoms. The number of anilines is 3. The van der Waals surface area contributed by atoms with E-state index < -0.39 is 5.63 Å². The smallest absolute Gasteiger partial charge is 0.338 e. The van der Waals surface area contributed by atoms with E-state index in [0.717, 1.165) is 17.6 Å². The van der Waals surface area contributed by atoms with Crippen LogP contribution in [0.3, 0.4) is 0 Å². The number of benzene rings is 2. The Morgan fingerprint density at radius 3 is 2.58 bits per heavy atom. The molecular weight excluding hydrogens is 394 g/mol. The standard InChI is InChI=1S/C24H29N3O4/c1-15(2)14-25-16(3)24(29)26-19-12-17(10-11-22(19)30-5)27(4)20-13-23(28)31-21-9-7-6-8-18(20)21/h6-13,15-16,25H,14H2,1-5H3,(H,26,29). The van der Waals surface area contributed by atoms with Crippen molar-refractivity contribution in [1.82, 2.24) is 5.32 Å². The van der Waals surface area contributed by atoms with Gasteiger partial charge in [0.2, 0.25) is 5.91 Å². The van der Waals surface area contributed by atoms with E-state index >= 15 is 0 Å². The van der Waals surface area contributed by atoms with E-state index in [1.165, 1.54) is 6.07 Å². The van der Waals surface area contributed by atoms with Crippen LogP contribution in [0.15, 0.2) is 57.7 Å². The first-order valence-electron chi connectivity index (χ1n) is 10.3. The van der Waals surface area contributed by atoms with Crippen LogP contribution in [0.4, 0.5) is 17.1 Å². The molecule has 0 saturated carbocycles. The Morgan fingerprint density at radius 1 is 1.13 bits per heavy atom. The number of nitrogens with one attached hydrogen (secondary N) is 2. The van der Waals surface area contributed by atoms with Crippen molar-refractivity contribution in [3.05, 3.63) is 59.0 Å². The molecule has 0 aliphatic rings. The molecule has 0 aliphatic heterocycles. The largest absolute Gasteiger partial charge is 0.495 e. The number of hydrogen-bond donors (Lipinski definition) is 2. The number of hydrogen-bond acceptors (Lipinski definition) is 6. The summed E-state index contributed by atoms with van der Waals surface area (Å²) in [6, 6.07) is 14.0. The fourth-order valence-electron chi connectivity index (χ4n) is 3.26. The van der Waals surface area contributed by atoms with Crippen molar-refractivity contribution in [2.75, 3.05) is 30.9 Å². The van der Waals surface area contributed by atoms with Crippen LogP contribution < -0.4 is 25.9 Å². The molecule has 0 bridgehead atoms. The van der Waals surface area contributed by atoms with Gasteiger partial charge in [0, 0.05) is 24.2 Å². The van der Waals surface area contributed by atoms with E-state index in [1.807, 2.05) is 49.2 Å². The highest BCUT2D eigenvalue weighted by Crippen LogP contribution is 2.34. The average molecular weight is 424 g/mol. The van der Waals surface area contributed by atoms with Gasteiger partial charge in [-0.05, 0) is 49.7 Å².